The molecule has 30 heavy (non-hydrogen) atoms. The predicted octanol–water partition coefficient (Wildman–Crippen LogP) is 2.05. The van der Waals surface area contributed by atoms with Gasteiger partial charge in [-0.1, -0.05) is 12.1 Å². The third kappa shape index (κ3) is 4.78. The highest BCUT2D eigenvalue weighted by Crippen LogP contribution is 2.40. The van der Waals surface area contributed by atoms with Gasteiger partial charge in [-0.3, -0.25) is 4.79 Å². The third-order valence-electron chi connectivity index (χ3n) is 4.27. The van der Waals surface area contributed by atoms with Gasteiger partial charge in [0, 0.05) is 0 Å². The lowest BCUT2D eigenvalue weighted by Crippen LogP contribution is -2.27. The molecule has 2 N–H and O–H groups in total. The molecule has 1 heterocycles. The van der Waals surface area contributed by atoms with Crippen molar-refractivity contribution < 1.29 is 33.3 Å². The fraction of sp³-hybridized carbons (Fsp3) is 0.333. The second-order valence-corrected chi connectivity index (χ2v) is 6.08. The number of carbonyl (C=O) groups excluding carboxylic acids is 3. The van der Waals surface area contributed by atoms with Crippen LogP contribution in [-0.4, -0.2) is 38.2 Å². The number of rotatable bonds is 7. The number of methoxy groups -OCH3 is 1. The molecule has 0 spiro atoms. The summed E-state index contributed by atoms with van der Waals surface area (Å²) in [6, 6.07) is 8.08. The summed E-state index contributed by atoms with van der Waals surface area (Å²) in [5, 5.41) is 9.65. The molecule has 0 fully saturated rings. The molecule has 0 aromatic heterocycles. The highest BCUT2D eigenvalue weighted by molar-refractivity contribution is 5.94. The lowest BCUT2D eigenvalue weighted by Gasteiger charge is -2.28. The first-order valence-electron chi connectivity index (χ1n) is 9.19. The topological polar surface area (TPSA) is 138 Å². The molecule has 1 aromatic rings. The predicted molar refractivity (Wildman–Crippen MR) is 103 cm³/mol. The number of carbonyl (C=O) groups is 3. The number of nitriles is 1. The van der Waals surface area contributed by atoms with Crippen molar-refractivity contribution in [3.63, 3.8) is 0 Å². The monoisotopic (exact) mass is 414 g/mol. The van der Waals surface area contributed by atoms with E-state index in [1.54, 1.807) is 26.0 Å². The van der Waals surface area contributed by atoms with Gasteiger partial charge in [0.15, 0.2) is 0 Å². The van der Waals surface area contributed by atoms with Crippen molar-refractivity contribution >= 4 is 17.9 Å². The van der Waals surface area contributed by atoms with E-state index in [0.717, 1.165) is 0 Å². The van der Waals surface area contributed by atoms with Gasteiger partial charge in [-0.05, 0) is 31.5 Å². The van der Waals surface area contributed by atoms with Gasteiger partial charge in [-0.15, -0.1) is 0 Å². The molecule has 0 unspecified atom stereocenters. The van der Waals surface area contributed by atoms with E-state index in [1.807, 2.05) is 6.07 Å². The molecule has 0 saturated carbocycles. The van der Waals surface area contributed by atoms with Crippen LogP contribution >= 0.6 is 0 Å². The maximum absolute atomic E-state index is 12.8. The van der Waals surface area contributed by atoms with E-state index in [4.69, 9.17) is 19.9 Å². The molecule has 1 atom stereocenters. The first-order valence-corrected chi connectivity index (χ1v) is 9.19. The summed E-state index contributed by atoms with van der Waals surface area (Å²) >= 11 is 0. The van der Waals surface area contributed by atoms with Gasteiger partial charge in [0.2, 0.25) is 5.88 Å². The fourth-order valence-electron chi connectivity index (χ4n) is 2.99. The van der Waals surface area contributed by atoms with Gasteiger partial charge in [0.05, 0.1) is 37.4 Å². The lowest BCUT2D eigenvalue weighted by molar-refractivity contribution is -0.143. The van der Waals surface area contributed by atoms with Crippen LogP contribution in [0.15, 0.2) is 47.1 Å². The number of benzene rings is 1. The summed E-state index contributed by atoms with van der Waals surface area (Å²) < 4.78 is 20.2. The van der Waals surface area contributed by atoms with E-state index in [2.05, 4.69) is 4.74 Å². The van der Waals surface area contributed by atoms with Crippen LogP contribution in [0.2, 0.25) is 0 Å². The molecular weight excluding hydrogens is 392 g/mol. The normalized spacial score (nSPS) is 15.7. The van der Waals surface area contributed by atoms with Gasteiger partial charge in [-0.2, -0.15) is 5.26 Å². The summed E-state index contributed by atoms with van der Waals surface area (Å²) in [6.45, 7) is 3.49. The summed E-state index contributed by atoms with van der Waals surface area (Å²) in [4.78, 5) is 36.5. The van der Waals surface area contributed by atoms with E-state index in [9.17, 15) is 19.6 Å². The average molecular weight is 414 g/mol. The summed E-state index contributed by atoms with van der Waals surface area (Å²) in [7, 11) is 1.26. The Bertz CT molecular complexity index is 939. The number of hydrogen-bond acceptors (Lipinski definition) is 9. The van der Waals surface area contributed by atoms with E-state index in [1.165, 1.54) is 19.2 Å². The highest BCUT2D eigenvalue weighted by Gasteiger charge is 2.38. The van der Waals surface area contributed by atoms with Crippen LogP contribution in [0.4, 0.5) is 0 Å². The molecular formula is C21H22N2O7. The van der Waals surface area contributed by atoms with E-state index in [0.29, 0.717) is 5.56 Å². The Morgan fingerprint density at radius 3 is 2.27 bits per heavy atom. The van der Waals surface area contributed by atoms with Crippen LogP contribution in [0.25, 0.3) is 0 Å². The molecule has 9 heteroatoms. The molecule has 158 valence electrons. The third-order valence-corrected chi connectivity index (χ3v) is 4.27. The highest BCUT2D eigenvalue weighted by atomic mass is 16.5. The SMILES string of the molecule is CCOC(=O)CC1=C(C(=O)OCC)[C@H](c2ccc(C(=O)OC)cc2)C(C#N)=C(N)O1. The second-order valence-electron chi connectivity index (χ2n) is 6.08. The first kappa shape index (κ1) is 22.5. The number of nitrogens with two attached hydrogens (primary N) is 1. The number of allylic oxidation sites excluding steroid dienone is 1. The molecule has 1 aliphatic rings. The quantitative estimate of drug-likeness (QED) is 0.524. The van der Waals surface area contributed by atoms with Gasteiger partial charge in [0.1, 0.15) is 23.8 Å². The summed E-state index contributed by atoms with van der Waals surface area (Å²) in [5.74, 6) is -3.13. The Hall–Kier alpha value is -3.80. The molecule has 0 aliphatic carbocycles. The Morgan fingerprint density at radius 2 is 1.73 bits per heavy atom. The molecule has 0 radical (unpaired) electrons. The van der Waals surface area contributed by atoms with Gasteiger partial charge < -0.3 is 24.7 Å². The Balaban J connectivity index is 2.61. The molecule has 0 bridgehead atoms. The van der Waals surface area contributed by atoms with Crippen LogP contribution in [0.5, 0.6) is 0 Å². The molecule has 0 saturated heterocycles. The minimum atomic E-state index is -0.945. The van der Waals surface area contributed by atoms with E-state index < -0.39 is 23.8 Å². The Labute approximate surface area is 173 Å². The van der Waals surface area contributed by atoms with Crippen LogP contribution < -0.4 is 5.73 Å². The number of hydrogen-bond donors (Lipinski definition) is 1. The van der Waals surface area contributed by atoms with Crippen molar-refractivity contribution in [2.75, 3.05) is 20.3 Å². The zero-order valence-corrected chi connectivity index (χ0v) is 16.9. The van der Waals surface area contributed by atoms with Crippen LogP contribution in [0.3, 0.4) is 0 Å². The molecule has 0 amide bonds. The Morgan fingerprint density at radius 1 is 1.10 bits per heavy atom. The molecule has 1 aromatic carbocycles. The van der Waals surface area contributed by atoms with E-state index >= 15 is 0 Å². The Kier molecular flexibility index (Phi) is 7.58. The van der Waals surface area contributed by atoms with Crippen molar-refractivity contribution in [2.24, 2.45) is 5.73 Å². The smallest absolute Gasteiger partial charge is 0.338 e. The van der Waals surface area contributed by atoms with Crippen molar-refractivity contribution in [1.82, 2.24) is 0 Å². The lowest BCUT2D eigenvalue weighted by atomic mass is 9.82. The average Bonchev–Trinajstić information content (AvgIpc) is 2.73. The minimum Gasteiger partial charge on any atom is -0.466 e. The van der Waals surface area contributed by atoms with Crippen molar-refractivity contribution in [2.45, 2.75) is 26.2 Å². The fourth-order valence-corrected chi connectivity index (χ4v) is 2.99. The van der Waals surface area contributed by atoms with Gasteiger partial charge >= 0.3 is 17.9 Å². The van der Waals surface area contributed by atoms with Crippen molar-refractivity contribution in [3.05, 3.63) is 58.2 Å². The number of esters is 3. The maximum atomic E-state index is 12.8. The zero-order valence-electron chi connectivity index (χ0n) is 16.9. The second kappa shape index (κ2) is 10.1. The van der Waals surface area contributed by atoms with Crippen LogP contribution in [0.1, 0.15) is 42.1 Å². The zero-order chi connectivity index (χ0) is 22.3. The van der Waals surface area contributed by atoms with Crippen molar-refractivity contribution in [1.29, 1.82) is 5.26 Å². The standard InChI is InChI=1S/C21H22N2O7/c1-4-28-16(24)10-15-18(21(26)29-5-2)17(14(11-22)19(23)30-15)12-6-8-13(9-7-12)20(25)27-3/h6-9,17H,4-5,10,23H2,1-3H3/t17-/m1/s1. The number of nitrogens with zero attached hydrogens (tertiary/aromatic N) is 1. The first-order chi connectivity index (χ1) is 14.4. The summed E-state index contributed by atoms with van der Waals surface area (Å²) in [5.41, 5.74) is 6.64. The number of ether oxygens (including phenoxy) is 4. The molecule has 9 nitrogen and oxygen atoms in total. The minimum absolute atomic E-state index is 0.0171. The van der Waals surface area contributed by atoms with Gasteiger partial charge in [-0.25, -0.2) is 9.59 Å². The van der Waals surface area contributed by atoms with Gasteiger partial charge in [0.25, 0.3) is 0 Å². The molecule has 1 aliphatic heterocycles. The largest absolute Gasteiger partial charge is 0.466 e. The van der Waals surface area contributed by atoms with Crippen LogP contribution in [0, 0.1) is 11.3 Å². The maximum Gasteiger partial charge on any atom is 0.338 e. The van der Waals surface area contributed by atoms with Crippen LogP contribution in [-0.2, 0) is 28.5 Å². The van der Waals surface area contributed by atoms with Crippen molar-refractivity contribution in [3.8, 4) is 6.07 Å². The summed E-state index contributed by atoms with van der Waals surface area (Å²) in [6.07, 6.45) is -0.363. The molecule has 2 rings (SSSR count). The van der Waals surface area contributed by atoms with E-state index in [-0.39, 0.29) is 48.0 Å².